The molecule has 56 heavy (non-hydrogen) atoms. The van der Waals surface area contributed by atoms with E-state index in [1.807, 2.05) is 78.9 Å². The van der Waals surface area contributed by atoms with Gasteiger partial charge in [0.05, 0.1) is 50.6 Å². The molecular formula is C50H26N4O2. The number of aromatic nitrogens is 2. The molecule has 6 nitrogen and oxygen atoms in total. The number of fused-ring (bicyclic) bond motifs is 12. The summed E-state index contributed by atoms with van der Waals surface area (Å²) in [6.45, 7) is 0. The quantitative estimate of drug-likeness (QED) is 0.182. The molecule has 0 saturated carbocycles. The first-order valence-electron chi connectivity index (χ1n) is 18.5. The molecule has 0 amide bonds. The van der Waals surface area contributed by atoms with Crippen LogP contribution in [-0.2, 0) is 0 Å². The Morgan fingerprint density at radius 3 is 1.54 bits per heavy atom. The standard InChI is InChI=1S/C50H26N4O2/c51-27-29-20-21-33(43(22-29)53-41-16-5-1-11-31(41)37-23-39-34-13-3-7-18-46(34)55-48(39)25-44(37)53)36-15-9-10-30(28-52)50(36)54-42-17-6-2-12-32(42)38-24-40-35-14-4-8-19-47(35)56-49(40)26-45(38)54/h1-26H. The van der Waals surface area contributed by atoms with Crippen LogP contribution >= 0.6 is 0 Å². The molecule has 0 saturated heterocycles. The summed E-state index contributed by atoms with van der Waals surface area (Å²) in [5, 5.41) is 29.7. The van der Waals surface area contributed by atoms with E-state index >= 15 is 0 Å². The van der Waals surface area contributed by atoms with E-state index in [1.165, 1.54) is 0 Å². The van der Waals surface area contributed by atoms with Crippen LogP contribution in [0.2, 0.25) is 0 Å². The largest absolute Gasteiger partial charge is 0.456 e. The number of nitriles is 2. The molecule has 12 rings (SSSR count). The van der Waals surface area contributed by atoms with Crippen LogP contribution in [0.15, 0.2) is 167 Å². The number of benzene rings is 8. The summed E-state index contributed by atoms with van der Waals surface area (Å²) in [6, 6.07) is 58.3. The first kappa shape index (κ1) is 30.4. The average molecular weight is 715 g/mol. The molecule has 0 radical (unpaired) electrons. The Kier molecular flexibility index (Phi) is 6.10. The normalized spacial score (nSPS) is 11.9. The zero-order valence-corrected chi connectivity index (χ0v) is 29.6. The van der Waals surface area contributed by atoms with Crippen LogP contribution < -0.4 is 0 Å². The monoisotopic (exact) mass is 714 g/mol. The first-order valence-corrected chi connectivity index (χ1v) is 18.5. The van der Waals surface area contributed by atoms with Crippen molar-refractivity contribution < 1.29 is 8.83 Å². The second-order valence-corrected chi connectivity index (χ2v) is 14.3. The molecule has 0 unspecified atom stereocenters. The van der Waals surface area contributed by atoms with E-state index in [0.29, 0.717) is 11.1 Å². The van der Waals surface area contributed by atoms with E-state index in [9.17, 15) is 10.5 Å². The van der Waals surface area contributed by atoms with Gasteiger partial charge in [-0.3, -0.25) is 0 Å². The summed E-state index contributed by atoms with van der Waals surface area (Å²) in [7, 11) is 0. The van der Waals surface area contributed by atoms with E-state index < -0.39 is 0 Å². The second kappa shape index (κ2) is 11.2. The van der Waals surface area contributed by atoms with Gasteiger partial charge in [-0.15, -0.1) is 0 Å². The van der Waals surface area contributed by atoms with Crippen LogP contribution in [-0.4, -0.2) is 9.13 Å². The summed E-state index contributed by atoms with van der Waals surface area (Å²) < 4.78 is 17.3. The highest BCUT2D eigenvalue weighted by molar-refractivity contribution is 6.19. The Morgan fingerprint density at radius 2 is 0.929 bits per heavy atom. The van der Waals surface area contributed by atoms with Crippen molar-refractivity contribution in [2.24, 2.45) is 0 Å². The lowest BCUT2D eigenvalue weighted by Gasteiger charge is -2.19. The molecule has 0 spiro atoms. The molecule has 0 fully saturated rings. The number of hydrogen-bond donors (Lipinski definition) is 0. The zero-order valence-electron chi connectivity index (χ0n) is 29.6. The Balaban J connectivity index is 1.20. The third-order valence-corrected chi connectivity index (χ3v) is 11.4. The van der Waals surface area contributed by atoms with E-state index in [2.05, 4.69) is 100 Å². The third kappa shape index (κ3) is 4.07. The Hall–Kier alpha value is -8.06. The van der Waals surface area contributed by atoms with E-state index in [1.54, 1.807) is 0 Å². The van der Waals surface area contributed by atoms with Crippen LogP contribution in [0.1, 0.15) is 11.1 Å². The number of rotatable bonds is 3. The van der Waals surface area contributed by atoms with Crippen molar-refractivity contribution in [1.82, 2.24) is 9.13 Å². The van der Waals surface area contributed by atoms with Gasteiger partial charge in [-0.05, 0) is 54.6 Å². The van der Waals surface area contributed by atoms with Crippen molar-refractivity contribution >= 4 is 87.5 Å². The van der Waals surface area contributed by atoms with Gasteiger partial charge in [0.25, 0.3) is 0 Å². The summed E-state index contributed by atoms with van der Waals surface area (Å²) in [4.78, 5) is 0. The highest BCUT2D eigenvalue weighted by atomic mass is 16.3. The van der Waals surface area contributed by atoms with Gasteiger partial charge >= 0.3 is 0 Å². The number of nitrogens with zero attached hydrogens (tertiary/aromatic N) is 4. The Bertz CT molecular complexity index is 3750. The fourth-order valence-electron chi connectivity index (χ4n) is 8.98. The lowest BCUT2D eigenvalue weighted by molar-refractivity contribution is 0.669. The SMILES string of the molecule is N#Cc1ccc(-c2cccc(C#N)c2-n2c3ccccc3c3cc4c(cc32)oc2ccccc24)c(-n2c3ccccc3c3cc4c(cc32)oc2ccccc24)c1. The maximum atomic E-state index is 10.8. The molecule has 12 aromatic rings. The molecule has 8 aromatic carbocycles. The molecule has 258 valence electrons. The van der Waals surface area contributed by atoms with E-state index in [4.69, 9.17) is 8.83 Å². The summed E-state index contributed by atoms with van der Waals surface area (Å²) in [6.07, 6.45) is 0. The third-order valence-electron chi connectivity index (χ3n) is 11.4. The molecule has 0 N–H and O–H groups in total. The molecule has 0 aliphatic carbocycles. The average Bonchev–Trinajstić information content (AvgIpc) is 3.98. The smallest absolute Gasteiger partial charge is 0.137 e. The van der Waals surface area contributed by atoms with Crippen LogP contribution in [0.5, 0.6) is 0 Å². The molecule has 0 aliphatic rings. The van der Waals surface area contributed by atoms with Crippen molar-refractivity contribution in [1.29, 1.82) is 10.5 Å². The second-order valence-electron chi connectivity index (χ2n) is 14.3. The van der Waals surface area contributed by atoms with Gasteiger partial charge in [0.2, 0.25) is 0 Å². The number of hydrogen-bond acceptors (Lipinski definition) is 4. The minimum atomic E-state index is 0.524. The fourth-order valence-corrected chi connectivity index (χ4v) is 8.98. The van der Waals surface area contributed by atoms with Gasteiger partial charge in [-0.25, -0.2) is 0 Å². The highest BCUT2D eigenvalue weighted by Crippen LogP contribution is 2.44. The minimum absolute atomic E-state index is 0.524. The van der Waals surface area contributed by atoms with Gasteiger partial charge in [0.1, 0.15) is 28.4 Å². The summed E-state index contributed by atoms with van der Waals surface area (Å²) >= 11 is 0. The maximum Gasteiger partial charge on any atom is 0.137 e. The maximum absolute atomic E-state index is 10.8. The lowest BCUT2D eigenvalue weighted by Crippen LogP contribution is -2.04. The number of para-hydroxylation sites is 5. The molecule has 0 atom stereocenters. The van der Waals surface area contributed by atoms with E-state index in [0.717, 1.165) is 110 Å². The first-order chi connectivity index (χ1) is 27.7. The Morgan fingerprint density at radius 1 is 0.375 bits per heavy atom. The molecule has 4 heterocycles. The number of furan rings is 2. The van der Waals surface area contributed by atoms with Crippen molar-refractivity contribution in [3.63, 3.8) is 0 Å². The molecular weight excluding hydrogens is 689 g/mol. The molecule has 0 aliphatic heterocycles. The van der Waals surface area contributed by atoms with Crippen molar-refractivity contribution in [2.45, 2.75) is 0 Å². The Labute approximate surface area is 318 Å². The van der Waals surface area contributed by atoms with Crippen molar-refractivity contribution in [3.8, 4) is 34.6 Å². The van der Waals surface area contributed by atoms with Crippen LogP contribution in [0.3, 0.4) is 0 Å². The predicted octanol–water partition coefficient (Wildman–Crippen LogP) is 13.1. The van der Waals surface area contributed by atoms with E-state index in [-0.39, 0.29) is 0 Å². The van der Waals surface area contributed by atoms with Crippen LogP contribution in [0.25, 0.3) is 110 Å². The van der Waals surface area contributed by atoms with Crippen molar-refractivity contribution in [3.05, 3.63) is 169 Å². The minimum Gasteiger partial charge on any atom is -0.456 e. The van der Waals surface area contributed by atoms with Gasteiger partial charge in [0.15, 0.2) is 0 Å². The van der Waals surface area contributed by atoms with Gasteiger partial charge in [-0.1, -0.05) is 91.0 Å². The molecule has 6 heteroatoms. The highest BCUT2D eigenvalue weighted by Gasteiger charge is 2.24. The van der Waals surface area contributed by atoms with Crippen LogP contribution in [0, 0.1) is 22.7 Å². The van der Waals surface area contributed by atoms with Crippen molar-refractivity contribution in [2.75, 3.05) is 0 Å². The van der Waals surface area contributed by atoms with Gasteiger partial charge < -0.3 is 18.0 Å². The van der Waals surface area contributed by atoms with Gasteiger partial charge in [-0.2, -0.15) is 10.5 Å². The summed E-state index contributed by atoms with van der Waals surface area (Å²) in [5.41, 5.74) is 11.4. The van der Waals surface area contributed by atoms with Crippen LogP contribution in [0.4, 0.5) is 0 Å². The fraction of sp³-hybridized carbons (Fsp3) is 0. The molecule has 0 bridgehead atoms. The lowest BCUT2D eigenvalue weighted by atomic mass is 9.96. The topological polar surface area (TPSA) is 83.7 Å². The summed E-state index contributed by atoms with van der Waals surface area (Å²) in [5.74, 6) is 0. The van der Waals surface area contributed by atoms with Gasteiger partial charge in [0, 0.05) is 66.3 Å². The predicted molar refractivity (Wildman–Crippen MR) is 225 cm³/mol. The molecule has 4 aromatic heterocycles. The zero-order chi connectivity index (χ0) is 37.1.